The highest BCUT2D eigenvalue weighted by atomic mass is 16.5. The first-order valence-electron chi connectivity index (χ1n) is 6.12. The molecule has 6 nitrogen and oxygen atoms in total. The van der Waals surface area contributed by atoms with E-state index in [0.29, 0.717) is 42.4 Å². The van der Waals surface area contributed by atoms with E-state index in [0.717, 1.165) is 0 Å². The highest BCUT2D eigenvalue weighted by Crippen LogP contribution is 2.24. The maximum absolute atomic E-state index is 10.1. The average Bonchev–Trinajstić information content (AvgIpc) is 2.79. The highest BCUT2D eigenvalue weighted by molar-refractivity contribution is 5.86. The summed E-state index contributed by atoms with van der Waals surface area (Å²) in [5, 5.41) is 13.1. The zero-order valence-corrected chi connectivity index (χ0v) is 11.1. The minimum Gasteiger partial charge on any atom is -0.423 e. The summed E-state index contributed by atoms with van der Waals surface area (Å²) in [5.41, 5.74) is 6.73. The quantitative estimate of drug-likeness (QED) is 0.687. The van der Waals surface area contributed by atoms with E-state index in [4.69, 9.17) is 14.9 Å². The Morgan fingerprint density at radius 2 is 2.32 bits per heavy atom. The molecule has 104 valence electrons. The summed E-state index contributed by atoms with van der Waals surface area (Å²) in [6.07, 6.45) is 0.527. The van der Waals surface area contributed by atoms with Crippen LogP contribution in [0.3, 0.4) is 0 Å². The summed E-state index contributed by atoms with van der Waals surface area (Å²) < 4.78 is 10.5. The molecule has 0 saturated carbocycles. The number of methoxy groups -OCH3 is 1. The van der Waals surface area contributed by atoms with Crippen LogP contribution in [0.5, 0.6) is 0 Å². The van der Waals surface area contributed by atoms with Gasteiger partial charge in [0.15, 0.2) is 5.58 Å². The first kappa shape index (κ1) is 13.6. The zero-order chi connectivity index (χ0) is 13.9. The monoisotopic (exact) mass is 265 g/mol. The van der Waals surface area contributed by atoms with Gasteiger partial charge in [-0.2, -0.15) is 4.98 Å². The van der Waals surface area contributed by atoms with Gasteiger partial charge in [0.1, 0.15) is 5.52 Å². The molecule has 1 aromatic carbocycles. The number of benzene rings is 1. The van der Waals surface area contributed by atoms with Crippen LogP contribution in [0.4, 0.5) is 11.7 Å². The molecule has 0 spiro atoms. The number of nitrogen functional groups attached to an aromatic ring is 1. The van der Waals surface area contributed by atoms with Crippen LogP contribution in [0, 0.1) is 0 Å². The molecule has 1 heterocycles. The van der Waals surface area contributed by atoms with Crippen LogP contribution in [0.2, 0.25) is 0 Å². The number of hydrogen-bond acceptors (Lipinski definition) is 6. The number of anilines is 2. The molecule has 1 unspecified atom stereocenters. The fourth-order valence-electron chi connectivity index (χ4n) is 1.72. The number of para-hydroxylation sites is 1. The van der Waals surface area contributed by atoms with Gasteiger partial charge in [0, 0.05) is 26.7 Å². The molecule has 6 heteroatoms. The average molecular weight is 265 g/mol. The Balaban J connectivity index is 2.04. The second-order valence-electron chi connectivity index (χ2n) is 4.81. The predicted octanol–water partition coefficient (Wildman–Crippen LogP) is 1.61. The lowest BCUT2D eigenvalue weighted by atomic mass is 10.0. The zero-order valence-electron chi connectivity index (χ0n) is 11.1. The summed E-state index contributed by atoms with van der Waals surface area (Å²) >= 11 is 0. The predicted molar refractivity (Wildman–Crippen MR) is 74.0 cm³/mol. The lowest BCUT2D eigenvalue weighted by molar-refractivity contribution is 0.0353. The fraction of sp³-hybridized carbons (Fsp3) is 0.462. The van der Waals surface area contributed by atoms with Crippen LogP contribution in [0.15, 0.2) is 22.6 Å². The van der Waals surface area contributed by atoms with E-state index < -0.39 is 5.60 Å². The number of ether oxygens (including phenoxy) is 1. The first-order chi connectivity index (χ1) is 9.02. The minimum absolute atomic E-state index is 0.323. The van der Waals surface area contributed by atoms with Crippen molar-refractivity contribution in [3.8, 4) is 0 Å². The van der Waals surface area contributed by atoms with E-state index >= 15 is 0 Å². The van der Waals surface area contributed by atoms with E-state index in [1.165, 1.54) is 0 Å². The van der Waals surface area contributed by atoms with Crippen LogP contribution >= 0.6 is 0 Å². The van der Waals surface area contributed by atoms with E-state index in [9.17, 15) is 5.11 Å². The van der Waals surface area contributed by atoms with E-state index in [1.54, 1.807) is 32.2 Å². The highest BCUT2D eigenvalue weighted by Gasteiger charge is 2.20. The summed E-state index contributed by atoms with van der Waals surface area (Å²) in [4.78, 5) is 4.25. The Bertz CT molecular complexity index is 551. The Hall–Kier alpha value is -1.79. The third-order valence-electron chi connectivity index (χ3n) is 2.92. The van der Waals surface area contributed by atoms with Gasteiger partial charge in [0.2, 0.25) is 0 Å². The van der Waals surface area contributed by atoms with E-state index in [2.05, 4.69) is 10.3 Å². The van der Waals surface area contributed by atoms with Crippen LogP contribution in [-0.2, 0) is 4.74 Å². The molecule has 1 aromatic heterocycles. The summed E-state index contributed by atoms with van der Waals surface area (Å²) in [5.74, 6) is 0. The molecular formula is C13H19N3O3. The standard InChI is InChI=1S/C13H19N3O3/c1-13(17,6-7-18-2)8-15-12-16-11-9(14)4-3-5-10(11)19-12/h3-5,17H,6-8,14H2,1-2H3,(H,15,16). The van der Waals surface area contributed by atoms with Gasteiger partial charge in [0.05, 0.1) is 11.3 Å². The van der Waals surface area contributed by atoms with Crippen LogP contribution in [-0.4, -0.2) is 36.0 Å². The molecule has 0 bridgehead atoms. The number of nitrogens with one attached hydrogen (secondary N) is 1. The van der Waals surface area contributed by atoms with Gasteiger partial charge in [-0.3, -0.25) is 0 Å². The van der Waals surface area contributed by atoms with Crippen molar-refractivity contribution < 1.29 is 14.3 Å². The third-order valence-corrected chi connectivity index (χ3v) is 2.92. The molecule has 0 saturated heterocycles. The SMILES string of the molecule is COCCC(C)(O)CNc1nc2c(N)cccc2o1. The van der Waals surface area contributed by atoms with Gasteiger partial charge in [0.25, 0.3) is 6.01 Å². The smallest absolute Gasteiger partial charge is 0.295 e. The Kier molecular flexibility index (Phi) is 3.92. The summed E-state index contributed by atoms with van der Waals surface area (Å²) in [6, 6.07) is 5.73. The normalized spacial score (nSPS) is 14.5. The lowest BCUT2D eigenvalue weighted by Gasteiger charge is -2.22. The number of fused-ring (bicyclic) bond motifs is 1. The first-order valence-corrected chi connectivity index (χ1v) is 6.12. The number of aliphatic hydroxyl groups is 1. The number of aromatic nitrogens is 1. The topological polar surface area (TPSA) is 93.5 Å². The van der Waals surface area contributed by atoms with Crippen molar-refractivity contribution in [3.05, 3.63) is 18.2 Å². The summed E-state index contributed by atoms with van der Waals surface area (Å²) in [7, 11) is 1.60. The van der Waals surface area contributed by atoms with E-state index in [-0.39, 0.29) is 0 Å². The molecule has 2 aromatic rings. The van der Waals surface area contributed by atoms with Gasteiger partial charge in [-0.05, 0) is 19.1 Å². The molecular weight excluding hydrogens is 246 g/mol. The van der Waals surface area contributed by atoms with Gasteiger partial charge in [-0.15, -0.1) is 0 Å². The van der Waals surface area contributed by atoms with Gasteiger partial charge >= 0.3 is 0 Å². The Morgan fingerprint density at radius 3 is 3.00 bits per heavy atom. The molecule has 0 radical (unpaired) electrons. The van der Waals surface area contributed by atoms with Gasteiger partial charge in [-0.25, -0.2) is 0 Å². The van der Waals surface area contributed by atoms with Crippen molar-refractivity contribution in [1.29, 1.82) is 0 Å². The maximum Gasteiger partial charge on any atom is 0.295 e. The molecule has 19 heavy (non-hydrogen) atoms. The van der Waals surface area contributed by atoms with Crippen molar-refractivity contribution in [1.82, 2.24) is 4.98 Å². The molecule has 2 rings (SSSR count). The minimum atomic E-state index is -0.887. The number of rotatable bonds is 6. The Labute approximate surface area is 111 Å². The van der Waals surface area contributed by atoms with Gasteiger partial charge in [-0.1, -0.05) is 6.07 Å². The Morgan fingerprint density at radius 1 is 1.53 bits per heavy atom. The summed E-state index contributed by atoms with van der Waals surface area (Å²) in [6.45, 7) is 2.55. The molecule has 0 aliphatic rings. The molecule has 0 amide bonds. The van der Waals surface area contributed by atoms with E-state index in [1.807, 2.05) is 0 Å². The second kappa shape index (κ2) is 5.46. The van der Waals surface area contributed by atoms with Crippen molar-refractivity contribution in [3.63, 3.8) is 0 Å². The molecule has 4 N–H and O–H groups in total. The third kappa shape index (κ3) is 3.36. The van der Waals surface area contributed by atoms with Crippen molar-refractivity contribution in [2.24, 2.45) is 0 Å². The molecule has 0 aliphatic heterocycles. The molecule has 0 fully saturated rings. The largest absolute Gasteiger partial charge is 0.423 e. The molecule has 0 aliphatic carbocycles. The number of hydrogen-bond donors (Lipinski definition) is 3. The maximum atomic E-state index is 10.1. The van der Waals surface area contributed by atoms with Crippen molar-refractivity contribution >= 4 is 22.8 Å². The number of nitrogens with two attached hydrogens (primary N) is 1. The second-order valence-corrected chi connectivity index (χ2v) is 4.81. The van der Waals surface area contributed by atoms with Crippen LogP contribution in [0.1, 0.15) is 13.3 Å². The number of nitrogens with zero attached hydrogens (tertiary/aromatic N) is 1. The van der Waals surface area contributed by atoms with Crippen LogP contribution < -0.4 is 11.1 Å². The van der Waals surface area contributed by atoms with Crippen molar-refractivity contribution in [2.75, 3.05) is 31.3 Å². The van der Waals surface area contributed by atoms with Crippen molar-refractivity contribution in [2.45, 2.75) is 18.9 Å². The lowest BCUT2D eigenvalue weighted by Crippen LogP contribution is -2.34. The fourth-order valence-corrected chi connectivity index (χ4v) is 1.72. The van der Waals surface area contributed by atoms with Crippen LogP contribution in [0.25, 0.3) is 11.1 Å². The van der Waals surface area contributed by atoms with Gasteiger partial charge < -0.3 is 25.3 Å². The molecule has 1 atom stereocenters. The number of oxazole rings is 1.